The van der Waals surface area contributed by atoms with E-state index in [1.807, 2.05) is 12.1 Å². The van der Waals surface area contributed by atoms with Crippen molar-refractivity contribution in [3.05, 3.63) is 46.5 Å². The third-order valence-electron chi connectivity index (χ3n) is 3.95. The highest BCUT2D eigenvalue weighted by molar-refractivity contribution is 6.30. The SMILES string of the molecule is CCC(N)C(c1ccc(Cl)cc1)N1CC=C(C)CC1. The minimum absolute atomic E-state index is 0.160. The Hall–Kier alpha value is -0.830. The Bertz CT molecular complexity index is 439. The third-order valence-corrected chi connectivity index (χ3v) is 4.20. The molecule has 0 bridgehead atoms. The summed E-state index contributed by atoms with van der Waals surface area (Å²) < 4.78 is 0. The largest absolute Gasteiger partial charge is 0.326 e. The molecule has 2 unspecified atom stereocenters. The van der Waals surface area contributed by atoms with Crippen LogP contribution in [-0.2, 0) is 0 Å². The number of nitrogens with zero attached hydrogens (tertiary/aromatic N) is 1. The van der Waals surface area contributed by atoms with E-state index in [1.165, 1.54) is 11.1 Å². The van der Waals surface area contributed by atoms with Crippen LogP contribution in [0.5, 0.6) is 0 Å². The summed E-state index contributed by atoms with van der Waals surface area (Å²) >= 11 is 5.98. The van der Waals surface area contributed by atoms with Crippen molar-refractivity contribution in [2.75, 3.05) is 13.1 Å². The Labute approximate surface area is 121 Å². The van der Waals surface area contributed by atoms with Crippen molar-refractivity contribution in [1.82, 2.24) is 4.90 Å². The van der Waals surface area contributed by atoms with E-state index < -0.39 is 0 Å². The van der Waals surface area contributed by atoms with E-state index in [9.17, 15) is 0 Å². The van der Waals surface area contributed by atoms with Crippen molar-refractivity contribution < 1.29 is 0 Å². The standard InChI is InChI=1S/C16H23ClN2/c1-3-15(18)16(13-4-6-14(17)7-5-13)19-10-8-12(2)9-11-19/h4-8,15-16H,3,9-11,18H2,1-2H3. The normalized spacial score (nSPS) is 19.9. The molecule has 2 rings (SSSR count). The third kappa shape index (κ3) is 3.59. The lowest BCUT2D eigenvalue weighted by Crippen LogP contribution is -2.42. The van der Waals surface area contributed by atoms with Crippen LogP contribution in [0.3, 0.4) is 0 Å². The van der Waals surface area contributed by atoms with Gasteiger partial charge in [0.05, 0.1) is 6.04 Å². The average Bonchev–Trinajstić information content (AvgIpc) is 2.43. The molecule has 0 radical (unpaired) electrons. The first-order valence-electron chi connectivity index (χ1n) is 7.02. The topological polar surface area (TPSA) is 29.3 Å². The molecule has 0 amide bonds. The monoisotopic (exact) mass is 278 g/mol. The fraction of sp³-hybridized carbons (Fsp3) is 0.500. The van der Waals surface area contributed by atoms with Gasteiger partial charge in [-0.1, -0.05) is 42.3 Å². The van der Waals surface area contributed by atoms with Crippen LogP contribution in [0.2, 0.25) is 5.02 Å². The maximum atomic E-state index is 6.36. The van der Waals surface area contributed by atoms with Crippen molar-refractivity contribution in [3.8, 4) is 0 Å². The highest BCUT2D eigenvalue weighted by Gasteiger charge is 2.26. The Morgan fingerprint density at radius 1 is 1.32 bits per heavy atom. The maximum Gasteiger partial charge on any atom is 0.0502 e. The lowest BCUT2D eigenvalue weighted by molar-refractivity contribution is 0.182. The van der Waals surface area contributed by atoms with E-state index in [0.717, 1.165) is 31.0 Å². The van der Waals surface area contributed by atoms with Crippen molar-refractivity contribution in [1.29, 1.82) is 0 Å². The summed E-state index contributed by atoms with van der Waals surface area (Å²) in [6.45, 7) is 6.43. The zero-order chi connectivity index (χ0) is 13.8. The summed E-state index contributed by atoms with van der Waals surface area (Å²) in [6, 6.07) is 8.57. The van der Waals surface area contributed by atoms with Gasteiger partial charge in [0.1, 0.15) is 0 Å². The quantitative estimate of drug-likeness (QED) is 0.850. The van der Waals surface area contributed by atoms with Crippen LogP contribution >= 0.6 is 11.6 Å². The summed E-state index contributed by atoms with van der Waals surface area (Å²) in [7, 11) is 0. The minimum atomic E-state index is 0.160. The molecule has 0 saturated carbocycles. The van der Waals surface area contributed by atoms with Gasteiger partial charge >= 0.3 is 0 Å². The smallest absolute Gasteiger partial charge is 0.0502 e. The molecule has 0 aliphatic carbocycles. The molecule has 0 saturated heterocycles. The van der Waals surface area contributed by atoms with E-state index in [1.54, 1.807) is 0 Å². The molecule has 1 aliphatic heterocycles. The fourth-order valence-corrected chi connectivity index (χ4v) is 2.78. The van der Waals surface area contributed by atoms with Crippen molar-refractivity contribution in [3.63, 3.8) is 0 Å². The number of benzene rings is 1. The summed E-state index contributed by atoms with van der Waals surface area (Å²) in [5.41, 5.74) is 9.11. The van der Waals surface area contributed by atoms with E-state index >= 15 is 0 Å². The second-order valence-electron chi connectivity index (χ2n) is 5.36. The summed E-state index contributed by atoms with van der Waals surface area (Å²) in [5, 5.41) is 0.780. The van der Waals surface area contributed by atoms with Crippen LogP contribution in [-0.4, -0.2) is 24.0 Å². The molecule has 1 aliphatic rings. The Morgan fingerprint density at radius 2 is 2.00 bits per heavy atom. The van der Waals surface area contributed by atoms with E-state index in [2.05, 4.69) is 37.0 Å². The minimum Gasteiger partial charge on any atom is -0.326 e. The molecule has 0 spiro atoms. The van der Waals surface area contributed by atoms with Crippen LogP contribution < -0.4 is 5.73 Å². The predicted octanol–water partition coefficient (Wildman–Crippen LogP) is 3.77. The van der Waals surface area contributed by atoms with E-state index in [-0.39, 0.29) is 12.1 Å². The molecular weight excluding hydrogens is 256 g/mol. The number of halogens is 1. The first kappa shape index (κ1) is 14.6. The molecule has 104 valence electrons. The molecule has 2 N–H and O–H groups in total. The lowest BCUT2D eigenvalue weighted by atomic mass is 9.94. The van der Waals surface area contributed by atoms with Gasteiger partial charge in [0.25, 0.3) is 0 Å². The Balaban J connectivity index is 2.23. The summed E-state index contributed by atoms with van der Waals surface area (Å²) in [6.07, 6.45) is 4.43. The zero-order valence-electron chi connectivity index (χ0n) is 11.8. The number of hydrogen-bond donors (Lipinski definition) is 1. The molecule has 3 heteroatoms. The van der Waals surface area contributed by atoms with Gasteiger partial charge in [-0.3, -0.25) is 4.90 Å². The lowest BCUT2D eigenvalue weighted by Gasteiger charge is -2.37. The average molecular weight is 279 g/mol. The van der Waals surface area contributed by atoms with Crippen molar-refractivity contribution in [2.45, 2.75) is 38.8 Å². The van der Waals surface area contributed by atoms with Gasteiger partial charge in [0.15, 0.2) is 0 Å². The summed E-state index contributed by atoms with van der Waals surface area (Å²) in [5.74, 6) is 0. The number of hydrogen-bond acceptors (Lipinski definition) is 2. The molecule has 0 fully saturated rings. The first-order chi connectivity index (χ1) is 9.11. The van der Waals surface area contributed by atoms with Gasteiger partial charge in [0, 0.05) is 24.2 Å². The molecule has 2 atom stereocenters. The van der Waals surface area contributed by atoms with Gasteiger partial charge in [-0.15, -0.1) is 0 Å². The Morgan fingerprint density at radius 3 is 2.53 bits per heavy atom. The molecule has 1 aromatic rings. The second kappa shape index (κ2) is 6.56. The van der Waals surface area contributed by atoms with Gasteiger partial charge in [0.2, 0.25) is 0 Å². The highest BCUT2D eigenvalue weighted by Crippen LogP contribution is 2.28. The van der Waals surface area contributed by atoms with E-state index in [4.69, 9.17) is 17.3 Å². The highest BCUT2D eigenvalue weighted by atomic mass is 35.5. The molecule has 0 aromatic heterocycles. The first-order valence-corrected chi connectivity index (χ1v) is 7.40. The van der Waals surface area contributed by atoms with Crippen LogP contribution in [0, 0.1) is 0 Å². The van der Waals surface area contributed by atoms with Crippen LogP contribution in [0.15, 0.2) is 35.9 Å². The van der Waals surface area contributed by atoms with Gasteiger partial charge < -0.3 is 5.73 Å². The van der Waals surface area contributed by atoms with E-state index in [0.29, 0.717) is 0 Å². The number of rotatable bonds is 4. The van der Waals surface area contributed by atoms with Crippen molar-refractivity contribution in [2.24, 2.45) is 5.73 Å². The van der Waals surface area contributed by atoms with Crippen LogP contribution in [0.25, 0.3) is 0 Å². The maximum absolute atomic E-state index is 6.36. The molecule has 1 aromatic carbocycles. The van der Waals surface area contributed by atoms with Gasteiger partial charge in [-0.25, -0.2) is 0 Å². The molecule has 19 heavy (non-hydrogen) atoms. The zero-order valence-corrected chi connectivity index (χ0v) is 12.5. The van der Waals surface area contributed by atoms with Gasteiger partial charge in [-0.2, -0.15) is 0 Å². The van der Waals surface area contributed by atoms with Crippen LogP contribution in [0.1, 0.15) is 38.3 Å². The molecule has 2 nitrogen and oxygen atoms in total. The van der Waals surface area contributed by atoms with Crippen molar-refractivity contribution >= 4 is 11.6 Å². The van der Waals surface area contributed by atoms with Gasteiger partial charge in [-0.05, 0) is 37.5 Å². The number of nitrogens with two attached hydrogens (primary N) is 1. The fourth-order valence-electron chi connectivity index (χ4n) is 2.65. The Kier molecular flexibility index (Phi) is 5.03. The summed E-state index contributed by atoms with van der Waals surface area (Å²) in [4.78, 5) is 2.48. The van der Waals surface area contributed by atoms with Crippen LogP contribution in [0.4, 0.5) is 0 Å². The molecule has 1 heterocycles. The molecular formula is C16H23ClN2. The predicted molar refractivity (Wildman–Crippen MR) is 82.4 cm³/mol. The second-order valence-corrected chi connectivity index (χ2v) is 5.80.